The highest BCUT2D eigenvalue weighted by molar-refractivity contribution is 5.75. The van der Waals surface area contributed by atoms with Crippen LogP contribution < -0.4 is 4.90 Å². The zero-order valence-corrected chi connectivity index (χ0v) is 12.1. The van der Waals surface area contributed by atoms with Crippen LogP contribution in [0, 0.1) is 17.6 Å². The summed E-state index contributed by atoms with van der Waals surface area (Å²) in [6, 6.07) is 2.69. The topological polar surface area (TPSA) is 38.2 Å². The molecule has 2 aromatic rings. The minimum atomic E-state index is -0.892. The van der Waals surface area contributed by atoms with Gasteiger partial charge in [0, 0.05) is 37.2 Å². The first-order valence-corrected chi connectivity index (χ1v) is 7.67. The third-order valence-electron chi connectivity index (χ3n) is 4.33. The number of hydrogen-bond acceptors (Lipinski definition) is 4. The number of anilines is 1. The molecular weight excluding hydrogens is 288 g/mol. The lowest BCUT2D eigenvalue weighted by Gasteiger charge is -2.26. The molecule has 0 N–H and O–H groups in total. The molecule has 1 aromatic heterocycles. The maximum absolute atomic E-state index is 13.4. The fourth-order valence-corrected chi connectivity index (χ4v) is 2.96. The predicted molar refractivity (Wildman–Crippen MR) is 78.7 cm³/mol. The highest BCUT2D eigenvalue weighted by Gasteiger charge is 2.32. The lowest BCUT2D eigenvalue weighted by molar-refractivity contribution is 0.186. The first-order valence-electron chi connectivity index (χ1n) is 7.67. The van der Waals surface area contributed by atoms with Gasteiger partial charge < -0.3 is 9.64 Å². The van der Waals surface area contributed by atoms with Crippen molar-refractivity contribution < 1.29 is 13.5 Å². The monoisotopic (exact) mass is 305 g/mol. The molecule has 0 amide bonds. The molecule has 1 saturated heterocycles. The molecule has 0 bridgehead atoms. The summed E-state index contributed by atoms with van der Waals surface area (Å²) in [5, 5.41) is 0. The number of halogens is 2. The SMILES string of the molecule is Fc1cc2ncc(N(C[C@H]3CCOC3)C3CC3)nc2cc1F. The predicted octanol–water partition coefficient (Wildman–Crippen LogP) is 2.91. The van der Waals surface area contributed by atoms with Gasteiger partial charge in [0.2, 0.25) is 0 Å². The van der Waals surface area contributed by atoms with Crippen LogP contribution in [0.3, 0.4) is 0 Å². The molecule has 1 saturated carbocycles. The first-order chi connectivity index (χ1) is 10.7. The number of rotatable bonds is 4. The molecule has 0 unspecified atom stereocenters. The molecule has 6 heteroatoms. The molecule has 4 rings (SSSR count). The van der Waals surface area contributed by atoms with Gasteiger partial charge in [0.1, 0.15) is 5.82 Å². The summed E-state index contributed by atoms with van der Waals surface area (Å²) in [5.41, 5.74) is 0.771. The molecule has 2 heterocycles. The lowest BCUT2D eigenvalue weighted by Crippen LogP contribution is -2.32. The number of hydrogen-bond donors (Lipinski definition) is 0. The normalized spacial score (nSPS) is 21.5. The van der Waals surface area contributed by atoms with E-state index in [0.717, 1.165) is 57.0 Å². The van der Waals surface area contributed by atoms with Crippen molar-refractivity contribution in [1.82, 2.24) is 9.97 Å². The van der Waals surface area contributed by atoms with E-state index in [9.17, 15) is 8.78 Å². The van der Waals surface area contributed by atoms with Crippen molar-refractivity contribution in [2.24, 2.45) is 5.92 Å². The Kier molecular flexibility index (Phi) is 3.41. The van der Waals surface area contributed by atoms with Gasteiger partial charge in [-0.3, -0.25) is 4.98 Å². The third kappa shape index (κ3) is 2.63. The Morgan fingerprint density at radius 3 is 2.59 bits per heavy atom. The summed E-state index contributed by atoms with van der Waals surface area (Å²) in [6.07, 6.45) is 5.01. The van der Waals surface area contributed by atoms with Gasteiger partial charge in [-0.15, -0.1) is 0 Å². The van der Waals surface area contributed by atoms with E-state index in [4.69, 9.17) is 4.74 Å². The van der Waals surface area contributed by atoms with Gasteiger partial charge in [0.05, 0.1) is 23.8 Å². The van der Waals surface area contributed by atoms with Crippen LogP contribution in [0.5, 0.6) is 0 Å². The largest absolute Gasteiger partial charge is 0.381 e. The van der Waals surface area contributed by atoms with Gasteiger partial charge in [-0.1, -0.05) is 0 Å². The lowest BCUT2D eigenvalue weighted by atomic mass is 10.1. The number of ether oxygens (including phenoxy) is 1. The second-order valence-electron chi connectivity index (χ2n) is 6.10. The average Bonchev–Trinajstić information content (AvgIpc) is 3.22. The van der Waals surface area contributed by atoms with Crippen LogP contribution >= 0.6 is 0 Å². The molecule has 0 spiro atoms. The molecule has 1 aliphatic heterocycles. The van der Waals surface area contributed by atoms with Crippen molar-refractivity contribution in [3.63, 3.8) is 0 Å². The maximum Gasteiger partial charge on any atom is 0.161 e. The molecule has 2 aliphatic rings. The number of fused-ring (bicyclic) bond motifs is 1. The Labute approximate surface area is 127 Å². The molecule has 1 aliphatic carbocycles. The van der Waals surface area contributed by atoms with E-state index in [2.05, 4.69) is 14.9 Å². The van der Waals surface area contributed by atoms with Gasteiger partial charge in [0.15, 0.2) is 11.6 Å². The fraction of sp³-hybridized carbons (Fsp3) is 0.500. The van der Waals surface area contributed by atoms with Gasteiger partial charge in [-0.05, 0) is 19.3 Å². The number of aromatic nitrogens is 2. The van der Waals surface area contributed by atoms with Gasteiger partial charge in [-0.25, -0.2) is 13.8 Å². The Bertz CT molecular complexity index is 699. The van der Waals surface area contributed by atoms with Crippen molar-refractivity contribution in [3.05, 3.63) is 30.0 Å². The van der Waals surface area contributed by atoms with Gasteiger partial charge in [-0.2, -0.15) is 0 Å². The molecule has 0 radical (unpaired) electrons. The van der Waals surface area contributed by atoms with Crippen molar-refractivity contribution in [3.8, 4) is 0 Å². The summed E-state index contributed by atoms with van der Waals surface area (Å²) in [4.78, 5) is 11.0. The molecule has 22 heavy (non-hydrogen) atoms. The van der Waals surface area contributed by atoms with Crippen LogP contribution in [0.15, 0.2) is 18.3 Å². The van der Waals surface area contributed by atoms with E-state index in [1.165, 1.54) is 0 Å². The van der Waals surface area contributed by atoms with E-state index < -0.39 is 11.6 Å². The smallest absolute Gasteiger partial charge is 0.161 e. The van der Waals surface area contributed by atoms with E-state index in [-0.39, 0.29) is 0 Å². The van der Waals surface area contributed by atoms with E-state index in [1.807, 2.05) is 0 Å². The van der Waals surface area contributed by atoms with Crippen LogP contribution in [0.25, 0.3) is 11.0 Å². The molecule has 116 valence electrons. The summed E-state index contributed by atoms with van der Waals surface area (Å²) < 4.78 is 32.1. The summed E-state index contributed by atoms with van der Waals surface area (Å²) in [5.74, 6) is -0.534. The summed E-state index contributed by atoms with van der Waals surface area (Å²) in [6.45, 7) is 2.48. The van der Waals surface area contributed by atoms with Crippen LogP contribution in [0.2, 0.25) is 0 Å². The maximum atomic E-state index is 13.4. The quantitative estimate of drug-likeness (QED) is 0.870. The van der Waals surface area contributed by atoms with Crippen LogP contribution in [0.1, 0.15) is 19.3 Å². The van der Waals surface area contributed by atoms with Gasteiger partial charge in [0.25, 0.3) is 0 Å². The van der Waals surface area contributed by atoms with Crippen molar-refractivity contribution in [2.75, 3.05) is 24.7 Å². The fourth-order valence-electron chi connectivity index (χ4n) is 2.96. The highest BCUT2D eigenvalue weighted by Crippen LogP contribution is 2.33. The van der Waals surface area contributed by atoms with E-state index >= 15 is 0 Å². The number of nitrogens with zero attached hydrogens (tertiary/aromatic N) is 3. The highest BCUT2D eigenvalue weighted by atomic mass is 19.2. The molecule has 4 nitrogen and oxygen atoms in total. The van der Waals surface area contributed by atoms with Crippen molar-refractivity contribution in [2.45, 2.75) is 25.3 Å². The Morgan fingerprint density at radius 1 is 1.14 bits per heavy atom. The number of benzene rings is 1. The standard InChI is InChI=1S/C16H17F2N3O/c17-12-5-14-15(6-13(12)18)20-16(7-19-14)21(11-1-2-11)8-10-3-4-22-9-10/h5-7,10-11H,1-4,8-9H2/t10-/m1/s1. The first kappa shape index (κ1) is 13.8. The second-order valence-corrected chi connectivity index (χ2v) is 6.10. The van der Waals surface area contributed by atoms with E-state index in [0.29, 0.717) is 23.0 Å². The zero-order valence-electron chi connectivity index (χ0n) is 12.1. The molecular formula is C16H17F2N3O. The average molecular weight is 305 g/mol. The molecule has 1 atom stereocenters. The van der Waals surface area contributed by atoms with E-state index in [1.54, 1.807) is 6.20 Å². The third-order valence-corrected chi connectivity index (χ3v) is 4.33. The second kappa shape index (κ2) is 5.43. The Hall–Kier alpha value is -1.82. The summed E-state index contributed by atoms with van der Waals surface area (Å²) >= 11 is 0. The zero-order chi connectivity index (χ0) is 15.1. The van der Waals surface area contributed by atoms with Crippen LogP contribution in [-0.2, 0) is 4.74 Å². The Balaban J connectivity index is 1.66. The van der Waals surface area contributed by atoms with Crippen molar-refractivity contribution >= 4 is 16.9 Å². The van der Waals surface area contributed by atoms with Crippen molar-refractivity contribution in [1.29, 1.82) is 0 Å². The Morgan fingerprint density at radius 2 is 1.91 bits per heavy atom. The van der Waals surface area contributed by atoms with Crippen LogP contribution in [-0.4, -0.2) is 35.8 Å². The van der Waals surface area contributed by atoms with Gasteiger partial charge >= 0.3 is 0 Å². The minimum Gasteiger partial charge on any atom is -0.381 e. The molecule has 1 aromatic carbocycles. The van der Waals surface area contributed by atoms with Crippen LogP contribution in [0.4, 0.5) is 14.6 Å². The summed E-state index contributed by atoms with van der Waals surface area (Å²) in [7, 11) is 0. The minimum absolute atomic E-state index is 0.377. The molecule has 2 fully saturated rings.